The Bertz CT molecular complexity index is 191. The molecule has 3 unspecified atom stereocenters. The fourth-order valence-electron chi connectivity index (χ4n) is 2.35. The zero-order valence-electron chi connectivity index (χ0n) is 9.06. The monoisotopic (exact) mass is 224 g/mol. The predicted molar refractivity (Wildman–Crippen MR) is 52.4 cm³/mol. The van der Waals surface area contributed by atoms with E-state index in [-0.39, 0.29) is 18.8 Å². The van der Waals surface area contributed by atoms with E-state index in [2.05, 4.69) is 6.92 Å². The van der Waals surface area contributed by atoms with Gasteiger partial charge in [-0.3, -0.25) is 0 Å². The summed E-state index contributed by atoms with van der Waals surface area (Å²) in [6.07, 6.45) is -2.01. The lowest BCUT2D eigenvalue weighted by Gasteiger charge is -2.18. The van der Waals surface area contributed by atoms with Crippen molar-refractivity contribution in [2.45, 2.75) is 57.7 Å². The number of hydrogen-bond donors (Lipinski definition) is 1. The highest BCUT2D eigenvalue weighted by molar-refractivity contribution is 4.78. The molecular weight excluding hydrogens is 205 g/mol. The van der Waals surface area contributed by atoms with Gasteiger partial charge >= 0.3 is 6.18 Å². The molecule has 1 N–H and O–H groups in total. The summed E-state index contributed by atoms with van der Waals surface area (Å²) < 4.78 is 35.6. The highest BCUT2D eigenvalue weighted by Gasteiger charge is 2.30. The van der Waals surface area contributed by atoms with Gasteiger partial charge in [-0.05, 0) is 37.5 Å². The van der Waals surface area contributed by atoms with Gasteiger partial charge in [-0.2, -0.15) is 13.2 Å². The Morgan fingerprint density at radius 1 is 1.33 bits per heavy atom. The molecule has 0 aromatic rings. The molecule has 90 valence electrons. The summed E-state index contributed by atoms with van der Waals surface area (Å²) in [6, 6.07) is 0. The Morgan fingerprint density at radius 3 is 2.47 bits per heavy atom. The average Bonchev–Trinajstić information content (AvgIpc) is 2.49. The summed E-state index contributed by atoms with van der Waals surface area (Å²) in [5, 5.41) is 9.70. The van der Waals surface area contributed by atoms with Crippen molar-refractivity contribution < 1.29 is 18.3 Å². The third kappa shape index (κ3) is 4.87. The zero-order chi connectivity index (χ0) is 11.5. The predicted octanol–water partition coefficient (Wildman–Crippen LogP) is 3.52. The van der Waals surface area contributed by atoms with Gasteiger partial charge in [0.1, 0.15) is 0 Å². The van der Waals surface area contributed by atoms with Crippen molar-refractivity contribution in [2.75, 3.05) is 0 Å². The van der Waals surface area contributed by atoms with Crippen LogP contribution in [0.2, 0.25) is 0 Å². The van der Waals surface area contributed by atoms with Crippen LogP contribution in [0.25, 0.3) is 0 Å². The van der Waals surface area contributed by atoms with E-state index < -0.39 is 18.7 Å². The highest BCUT2D eigenvalue weighted by Crippen LogP contribution is 2.34. The molecule has 0 aliphatic heterocycles. The molecule has 4 heteroatoms. The Morgan fingerprint density at radius 2 is 2.00 bits per heavy atom. The summed E-state index contributed by atoms with van der Waals surface area (Å²) in [7, 11) is 0. The third-order valence-electron chi connectivity index (χ3n) is 3.24. The molecule has 1 aliphatic carbocycles. The van der Waals surface area contributed by atoms with Gasteiger partial charge in [-0.1, -0.05) is 13.3 Å². The van der Waals surface area contributed by atoms with Gasteiger partial charge < -0.3 is 5.11 Å². The zero-order valence-corrected chi connectivity index (χ0v) is 9.06. The maximum absolute atomic E-state index is 11.9. The van der Waals surface area contributed by atoms with E-state index in [1.54, 1.807) is 0 Å². The van der Waals surface area contributed by atoms with E-state index >= 15 is 0 Å². The van der Waals surface area contributed by atoms with Crippen LogP contribution in [0, 0.1) is 11.8 Å². The molecule has 0 amide bonds. The number of aliphatic hydroxyl groups excluding tert-OH is 1. The van der Waals surface area contributed by atoms with Crippen LogP contribution in [0.1, 0.15) is 45.4 Å². The summed E-state index contributed by atoms with van der Waals surface area (Å²) in [5.41, 5.74) is 0. The van der Waals surface area contributed by atoms with Gasteiger partial charge in [0.25, 0.3) is 0 Å². The molecule has 3 atom stereocenters. The van der Waals surface area contributed by atoms with Crippen LogP contribution in [0.3, 0.4) is 0 Å². The Labute approximate surface area is 88.7 Å². The van der Waals surface area contributed by atoms with Crippen molar-refractivity contribution >= 4 is 0 Å². The molecular formula is C11H19F3O. The fourth-order valence-corrected chi connectivity index (χ4v) is 2.35. The molecule has 0 saturated heterocycles. The van der Waals surface area contributed by atoms with E-state index in [0.29, 0.717) is 5.92 Å². The van der Waals surface area contributed by atoms with Gasteiger partial charge in [-0.15, -0.1) is 0 Å². The molecule has 0 radical (unpaired) electrons. The first-order chi connectivity index (χ1) is 6.88. The largest absolute Gasteiger partial charge is 0.393 e. The first kappa shape index (κ1) is 12.8. The van der Waals surface area contributed by atoms with E-state index in [4.69, 9.17) is 0 Å². The number of alkyl halides is 3. The first-order valence-corrected chi connectivity index (χ1v) is 5.63. The molecule has 1 aliphatic rings. The Kier molecular flexibility index (Phi) is 4.44. The van der Waals surface area contributed by atoms with Crippen LogP contribution in [0.4, 0.5) is 13.2 Å². The Hall–Kier alpha value is -0.250. The lowest BCUT2D eigenvalue weighted by molar-refractivity contribution is -0.136. The molecule has 1 rings (SSSR count). The maximum Gasteiger partial charge on any atom is 0.389 e. The second-order valence-electron chi connectivity index (χ2n) is 4.75. The van der Waals surface area contributed by atoms with Crippen LogP contribution in [-0.4, -0.2) is 17.4 Å². The lowest BCUT2D eigenvalue weighted by Crippen LogP contribution is -2.19. The summed E-state index contributed by atoms with van der Waals surface area (Å²) >= 11 is 0. The second-order valence-corrected chi connectivity index (χ2v) is 4.75. The molecule has 0 aromatic carbocycles. The maximum atomic E-state index is 11.9. The van der Waals surface area contributed by atoms with Crippen LogP contribution >= 0.6 is 0 Å². The quantitative estimate of drug-likeness (QED) is 0.774. The van der Waals surface area contributed by atoms with E-state index in [1.165, 1.54) is 0 Å². The summed E-state index contributed by atoms with van der Waals surface area (Å²) in [4.78, 5) is 0. The van der Waals surface area contributed by atoms with Crippen LogP contribution in [0.5, 0.6) is 0 Å². The minimum Gasteiger partial charge on any atom is -0.393 e. The number of halogens is 3. The van der Waals surface area contributed by atoms with Crippen molar-refractivity contribution in [3.8, 4) is 0 Å². The van der Waals surface area contributed by atoms with Crippen LogP contribution in [-0.2, 0) is 0 Å². The van der Waals surface area contributed by atoms with Crippen molar-refractivity contribution in [3.63, 3.8) is 0 Å². The van der Waals surface area contributed by atoms with Crippen LogP contribution < -0.4 is 0 Å². The van der Waals surface area contributed by atoms with E-state index in [9.17, 15) is 18.3 Å². The van der Waals surface area contributed by atoms with Gasteiger partial charge in [-0.25, -0.2) is 0 Å². The van der Waals surface area contributed by atoms with E-state index in [0.717, 1.165) is 19.3 Å². The molecule has 15 heavy (non-hydrogen) atoms. The summed E-state index contributed by atoms with van der Waals surface area (Å²) in [6.45, 7) is 2.13. The molecule has 1 saturated carbocycles. The fraction of sp³-hybridized carbons (Fsp3) is 1.00. The third-order valence-corrected chi connectivity index (χ3v) is 3.24. The normalized spacial score (nSPS) is 29.4. The molecule has 1 fully saturated rings. The minimum atomic E-state index is -4.08. The topological polar surface area (TPSA) is 20.2 Å². The van der Waals surface area contributed by atoms with E-state index in [1.807, 2.05) is 0 Å². The van der Waals surface area contributed by atoms with Gasteiger partial charge in [0.2, 0.25) is 0 Å². The standard InChI is InChI=1S/C11H19F3O/c1-8-4-5-9(7-8)10(15)3-2-6-11(12,13)14/h8-10,15H,2-7H2,1H3. The number of aliphatic hydroxyl groups is 1. The van der Waals surface area contributed by atoms with Gasteiger partial charge in [0.15, 0.2) is 0 Å². The van der Waals surface area contributed by atoms with Crippen LogP contribution in [0.15, 0.2) is 0 Å². The minimum absolute atomic E-state index is 0.0511. The first-order valence-electron chi connectivity index (χ1n) is 5.63. The molecule has 0 heterocycles. The van der Waals surface area contributed by atoms with Crippen molar-refractivity contribution in [2.24, 2.45) is 11.8 Å². The van der Waals surface area contributed by atoms with Crippen molar-refractivity contribution in [1.82, 2.24) is 0 Å². The number of rotatable bonds is 4. The molecule has 0 aromatic heterocycles. The second kappa shape index (κ2) is 5.19. The smallest absolute Gasteiger partial charge is 0.389 e. The molecule has 0 bridgehead atoms. The highest BCUT2D eigenvalue weighted by atomic mass is 19.4. The van der Waals surface area contributed by atoms with Gasteiger partial charge in [0, 0.05) is 6.42 Å². The average molecular weight is 224 g/mol. The summed E-state index contributed by atoms with van der Waals surface area (Å²) in [5.74, 6) is 0.848. The number of hydrogen-bond acceptors (Lipinski definition) is 1. The van der Waals surface area contributed by atoms with Crippen molar-refractivity contribution in [1.29, 1.82) is 0 Å². The SMILES string of the molecule is CC1CCC(C(O)CCCC(F)(F)F)C1. The van der Waals surface area contributed by atoms with Gasteiger partial charge in [0.05, 0.1) is 6.10 Å². The lowest BCUT2D eigenvalue weighted by atomic mass is 9.95. The Balaban J connectivity index is 2.16. The van der Waals surface area contributed by atoms with Crippen molar-refractivity contribution in [3.05, 3.63) is 0 Å². The molecule has 0 spiro atoms. The molecule has 1 nitrogen and oxygen atoms in total.